The number of hydrogen-bond donors (Lipinski definition) is 1. The second-order valence-electron chi connectivity index (χ2n) is 10.0. The Balaban J connectivity index is 1.21. The number of hydrogen-bond acceptors (Lipinski definition) is 6. The number of benzene rings is 1. The summed E-state index contributed by atoms with van der Waals surface area (Å²) >= 11 is 6.10. The molecule has 1 N–H and O–H groups in total. The Labute approximate surface area is 228 Å². The number of pyridine rings is 1. The number of carbonyl (C=O) groups excluding carboxylic acids is 2. The highest BCUT2D eigenvalue weighted by Gasteiger charge is 2.45. The Morgan fingerprint density at radius 2 is 1.90 bits per heavy atom. The summed E-state index contributed by atoms with van der Waals surface area (Å²) in [4.78, 5) is 24.4. The zero-order chi connectivity index (χ0) is 27.9. The molecule has 0 atom stereocenters. The molecule has 1 aromatic carbocycles. The number of aromatic nitrogens is 2. The number of hydrazone groups is 2. The third kappa shape index (κ3) is 4.98. The van der Waals surface area contributed by atoms with E-state index in [0.29, 0.717) is 30.1 Å². The summed E-state index contributed by atoms with van der Waals surface area (Å²) in [7, 11) is 0. The lowest BCUT2D eigenvalue weighted by molar-refractivity contribution is -0.135. The zero-order valence-electron chi connectivity index (χ0n) is 21.7. The minimum Gasteiger partial charge on any atom is -0.490 e. The summed E-state index contributed by atoms with van der Waals surface area (Å²) in [5.74, 6) is -2.78. The van der Waals surface area contributed by atoms with Crippen LogP contribution >= 0.6 is 11.6 Å². The van der Waals surface area contributed by atoms with Crippen LogP contribution in [0.25, 0.3) is 5.52 Å². The Morgan fingerprint density at radius 1 is 1.10 bits per heavy atom. The van der Waals surface area contributed by atoms with Crippen LogP contribution in [0.1, 0.15) is 56.4 Å². The van der Waals surface area contributed by atoms with E-state index in [1.807, 2.05) is 26.8 Å². The van der Waals surface area contributed by atoms with Gasteiger partial charge in [-0.1, -0.05) is 11.6 Å². The van der Waals surface area contributed by atoms with E-state index < -0.39 is 17.0 Å². The van der Waals surface area contributed by atoms with Crippen molar-refractivity contribution < 1.29 is 23.1 Å². The Bertz CT molecular complexity index is 1550. The maximum atomic E-state index is 14.6. The quantitative estimate of drug-likeness (QED) is 0.409. The summed E-state index contributed by atoms with van der Waals surface area (Å²) in [5, 5.41) is 15.0. The van der Waals surface area contributed by atoms with Crippen LogP contribution in [-0.4, -0.2) is 51.0 Å². The van der Waals surface area contributed by atoms with Gasteiger partial charge in [0.15, 0.2) is 11.6 Å². The maximum absolute atomic E-state index is 14.6. The molecular weight excluding hydrogens is 530 g/mol. The van der Waals surface area contributed by atoms with Crippen molar-refractivity contribution in [3.05, 3.63) is 63.9 Å². The SMILES string of the molecule is Cc1nn2cc(Cl)ccc2c1C1=NN(CCCCOc2ccc(C3=NNC(=O)CC3)c(F)c2F)C(=O)C1(C)C. The molecule has 0 radical (unpaired) electrons. The summed E-state index contributed by atoms with van der Waals surface area (Å²) in [6, 6.07) is 6.37. The van der Waals surface area contributed by atoms with Gasteiger partial charge in [-0.2, -0.15) is 19.7 Å². The zero-order valence-corrected chi connectivity index (χ0v) is 22.5. The van der Waals surface area contributed by atoms with E-state index in [4.69, 9.17) is 16.3 Å². The molecule has 0 saturated carbocycles. The second kappa shape index (κ2) is 10.4. The molecular formula is C27H27ClF2N6O3. The summed E-state index contributed by atoms with van der Waals surface area (Å²) < 4.78 is 36.4. The van der Waals surface area contributed by atoms with Crippen LogP contribution in [0.5, 0.6) is 5.75 Å². The summed E-state index contributed by atoms with van der Waals surface area (Å²) in [5.41, 5.74) is 4.70. The standard InChI is InChI=1S/C27H27ClF2N6O3/c1-15-22(19-9-6-16(28)14-36(19)33-15)25-27(2,3)26(38)35(34-25)12-4-5-13-39-20-10-7-17(23(29)24(20)30)18-8-11-21(37)32-31-18/h6-7,9-10,14H,4-5,8,11-13H2,1-3H3,(H,32,37). The number of nitrogens with zero attached hydrogens (tertiary/aromatic N) is 5. The molecule has 2 aromatic heterocycles. The molecule has 204 valence electrons. The molecule has 0 saturated heterocycles. The molecule has 0 bridgehead atoms. The number of aryl methyl sites for hydroxylation is 1. The van der Waals surface area contributed by atoms with Gasteiger partial charge in [0.2, 0.25) is 11.7 Å². The van der Waals surface area contributed by atoms with Gasteiger partial charge in [-0.25, -0.2) is 19.3 Å². The van der Waals surface area contributed by atoms with Crippen LogP contribution in [0.15, 0.2) is 40.7 Å². The Morgan fingerprint density at radius 3 is 2.64 bits per heavy atom. The molecule has 0 aliphatic carbocycles. The predicted molar refractivity (Wildman–Crippen MR) is 142 cm³/mol. The first-order valence-electron chi connectivity index (χ1n) is 12.6. The van der Waals surface area contributed by atoms with Crippen molar-refractivity contribution in [2.75, 3.05) is 13.2 Å². The lowest BCUT2D eigenvalue weighted by Crippen LogP contribution is -2.35. The van der Waals surface area contributed by atoms with Gasteiger partial charge in [-0.15, -0.1) is 0 Å². The highest BCUT2D eigenvalue weighted by molar-refractivity contribution is 6.30. The van der Waals surface area contributed by atoms with Crippen LogP contribution < -0.4 is 10.2 Å². The van der Waals surface area contributed by atoms with E-state index in [-0.39, 0.29) is 48.3 Å². The van der Waals surface area contributed by atoms with Crippen molar-refractivity contribution in [2.45, 2.75) is 46.5 Å². The average molecular weight is 557 g/mol. The van der Waals surface area contributed by atoms with Gasteiger partial charge >= 0.3 is 0 Å². The predicted octanol–water partition coefficient (Wildman–Crippen LogP) is 4.62. The van der Waals surface area contributed by atoms with E-state index in [1.54, 1.807) is 16.8 Å². The molecule has 0 spiro atoms. The fourth-order valence-corrected chi connectivity index (χ4v) is 4.90. The van der Waals surface area contributed by atoms with Crippen molar-refractivity contribution >= 4 is 40.4 Å². The lowest BCUT2D eigenvalue weighted by atomic mass is 9.83. The van der Waals surface area contributed by atoms with Crippen molar-refractivity contribution in [1.82, 2.24) is 20.0 Å². The number of carbonyl (C=O) groups is 2. The van der Waals surface area contributed by atoms with E-state index in [1.165, 1.54) is 17.1 Å². The van der Waals surface area contributed by atoms with E-state index in [9.17, 15) is 18.4 Å². The molecule has 0 fully saturated rings. The van der Waals surface area contributed by atoms with Crippen molar-refractivity contribution in [1.29, 1.82) is 0 Å². The van der Waals surface area contributed by atoms with Gasteiger partial charge in [-0.05, 0) is 57.9 Å². The highest BCUT2D eigenvalue weighted by atomic mass is 35.5. The second-order valence-corrected chi connectivity index (χ2v) is 10.5. The van der Waals surface area contributed by atoms with Gasteiger partial charge in [0.25, 0.3) is 5.91 Å². The molecule has 2 amide bonds. The van der Waals surface area contributed by atoms with Crippen LogP contribution in [-0.2, 0) is 9.59 Å². The monoisotopic (exact) mass is 556 g/mol. The number of halogens is 3. The van der Waals surface area contributed by atoms with Crippen LogP contribution in [0.3, 0.4) is 0 Å². The smallest absolute Gasteiger partial charge is 0.254 e. The molecule has 9 nitrogen and oxygen atoms in total. The van der Waals surface area contributed by atoms with Crippen LogP contribution in [0.2, 0.25) is 5.02 Å². The molecule has 0 unspecified atom stereocenters. The number of nitrogens with one attached hydrogen (secondary N) is 1. The number of fused-ring (bicyclic) bond motifs is 1. The third-order valence-electron chi connectivity index (χ3n) is 6.87. The first-order chi connectivity index (χ1) is 18.6. The van der Waals surface area contributed by atoms with E-state index in [0.717, 1.165) is 16.8 Å². The topological polar surface area (TPSA) is 101 Å². The molecule has 2 aliphatic rings. The number of rotatable bonds is 8. The number of unbranched alkanes of at least 4 members (excludes halogenated alkanes) is 1. The van der Waals surface area contributed by atoms with E-state index in [2.05, 4.69) is 20.7 Å². The lowest BCUT2D eigenvalue weighted by Gasteiger charge is -2.19. The first kappa shape index (κ1) is 26.7. The fraction of sp³-hybridized carbons (Fsp3) is 0.370. The molecule has 5 rings (SSSR count). The summed E-state index contributed by atoms with van der Waals surface area (Å²) in [6.07, 6.45) is 3.13. The minimum atomic E-state index is -1.11. The normalized spacial score (nSPS) is 16.9. The van der Waals surface area contributed by atoms with Gasteiger partial charge < -0.3 is 4.74 Å². The highest BCUT2D eigenvalue weighted by Crippen LogP contribution is 2.35. The van der Waals surface area contributed by atoms with Crippen molar-refractivity contribution in [2.24, 2.45) is 15.6 Å². The fourth-order valence-electron chi connectivity index (χ4n) is 4.74. The number of ether oxygens (including phenoxy) is 1. The molecule has 3 aromatic rings. The average Bonchev–Trinajstić information content (AvgIpc) is 3.33. The Kier molecular flexibility index (Phi) is 7.11. The number of amides is 2. The van der Waals surface area contributed by atoms with Crippen molar-refractivity contribution in [3.63, 3.8) is 0 Å². The van der Waals surface area contributed by atoms with Gasteiger partial charge in [-0.3, -0.25) is 9.59 Å². The van der Waals surface area contributed by atoms with Crippen LogP contribution in [0.4, 0.5) is 8.78 Å². The first-order valence-corrected chi connectivity index (χ1v) is 13.0. The van der Waals surface area contributed by atoms with Gasteiger partial charge in [0, 0.05) is 36.7 Å². The Hall–Kier alpha value is -3.86. The largest absolute Gasteiger partial charge is 0.490 e. The van der Waals surface area contributed by atoms with Gasteiger partial charge in [0.05, 0.1) is 39.7 Å². The van der Waals surface area contributed by atoms with Crippen molar-refractivity contribution in [3.8, 4) is 5.75 Å². The molecule has 39 heavy (non-hydrogen) atoms. The summed E-state index contributed by atoms with van der Waals surface area (Å²) in [6.45, 7) is 6.02. The molecule has 4 heterocycles. The minimum absolute atomic E-state index is 0.00629. The third-order valence-corrected chi connectivity index (χ3v) is 7.09. The maximum Gasteiger partial charge on any atom is 0.254 e. The van der Waals surface area contributed by atoms with Crippen LogP contribution in [0, 0.1) is 24.0 Å². The molecule has 12 heteroatoms. The van der Waals surface area contributed by atoms with E-state index >= 15 is 0 Å². The molecule has 2 aliphatic heterocycles. The van der Waals surface area contributed by atoms with Gasteiger partial charge in [0.1, 0.15) is 0 Å².